The molecule has 0 saturated heterocycles. The van der Waals surface area contributed by atoms with Gasteiger partial charge in [0.1, 0.15) is 0 Å². The second kappa shape index (κ2) is 6.22. The summed E-state index contributed by atoms with van der Waals surface area (Å²) in [6, 6.07) is 0. The molecule has 0 bridgehead atoms. The SMILES string of the molecule is CCC/C(=C/C(=O)OCC)C(N)=O. The summed E-state index contributed by atoms with van der Waals surface area (Å²) >= 11 is 0. The maximum atomic E-state index is 10.9. The minimum Gasteiger partial charge on any atom is -0.463 e. The molecule has 0 aliphatic carbocycles. The number of nitrogens with two attached hydrogens (primary N) is 1. The molecule has 0 unspecified atom stereocenters. The summed E-state index contributed by atoms with van der Waals surface area (Å²) in [4.78, 5) is 21.7. The first-order valence-corrected chi connectivity index (χ1v) is 4.28. The van der Waals surface area contributed by atoms with Crippen LogP contribution in [0.3, 0.4) is 0 Å². The molecular weight excluding hydrogens is 170 g/mol. The summed E-state index contributed by atoms with van der Waals surface area (Å²) in [6.07, 6.45) is 2.44. The van der Waals surface area contributed by atoms with Gasteiger partial charge < -0.3 is 10.5 Å². The quantitative estimate of drug-likeness (QED) is 0.508. The highest BCUT2D eigenvalue weighted by molar-refractivity contribution is 5.98. The normalized spacial score (nSPS) is 11.1. The van der Waals surface area contributed by atoms with Gasteiger partial charge in [-0.15, -0.1) is 0 Å². The van der Waals surface area contributed by atoms with Crippen LogP contribution in [-0.4, -0.2) is 18.5 Å². The third-order valence-electron chi connectivity index (χ3n) is 1.41. The van der Waals surface area contributed by atoms with Gasteiger partial charge in [0.15, 0.2) is 0 Å². The van der Waals surface area contributed by atoms with Crippen molar-refractivity contribution in [3.8, 4) is 0 Å². The average molecular weight is 185 g/mol. The molecule has 0 aromatic heterocycles. The standard InChI is InChI=1S/C9H15NO3/c1-3-5-7(9(10)12)6-8(11)13-4-2/h6H,3-5H2,1-2H3,(H2,10,12)/b7-6-. The van der Waals surface area contributed by atoms with Gasteiger partial charge in [-0.25, -0.2) is 4.79 Å². The van der Waals surface area contributed by atoms with Crippen molar-refractivity contribution in [2.75, 3.05) is 6.61 Å². The van der Waals surface area contributed by atoms with Gasteiger partial charge in [-0.05, 0) is 13.3 Å². The fraction of sp³-hybridized carbons (Fsp3) is 0.556. The number of hydrogen-bond acceptors (Lipinski definition) is 3. The van der Waals surface area contributed by atoms with Crippen molar-refractivity contribution in [2.45, 2.75) is 26.7 Å². The smallest absolute Gasteiger partial charge is 0.331 e. The molecule has 13 heavy (non-hydrogen) atoms. The van der Waals surface area contributed by atoms with E-state index in [1.807, 2.05) is 6.92 Å². The van der Waals surface area contributed by atoms with E-state index >= 15 is 0 Å². The van der Waals surface area contributed by atoms with E-state index in [-0.39, 0.29) is 0 Å². The minimum absolute atomic E-state index is 0.299. The number of rotatable bonds is 5. The first-order chi connectivity index (χ1) is 6.11. The molecule has 4 heteroatoms. The van der Waals surface area contributed by atoms with E-state index in [1.165, 1.54) is 0 Å². The van der Waals surface area contributed by atoms with E-state index in [4.69, 9.17) is 5.73 Å². The number of esters is 1. The Hall–Kier alpha value is -1.32. The van der Waals surface area contributed by atoms with Crippen LogP contribution in [0.1, 0.15) is 26.7 Å². The van der Waals surface area contributed by atoms with Crippen LogP contribution < -0.4 is 5.73 Å². The van der Waals surface area contributed by atoms with Crippen LogP contribution in [0.2, 0.25) is 0 Å². The largest absolute Gasteiger partial charge is 0.463 e. The van der Waals surface area contributed by atoms with Gasteiger partial charge in [-0.1, -0.05) is 13.3 Å². The second-order valence-electron chi connectivity index (χ2n) is 2.54. The first kappa shape index (κ1) is 11.7. The first-order valence-electron chi connectivity index (χ1n) is 4.28. The van der Waals surface area contributed by atoms with Crippen LogP contribution in [-0.2, 0) is 14.3 Å². The topological polar surface area (TPSA) is 69.4 Å². The summed E-state index contributed by atoms with van der Waals surface area (Å²) in [5.74, 6) is -1.07. The zero-order valence-electron chi connectivity index (χ0n) is 8.00. The Bertz CT molecular complexity index is 221. The molecule has 4 nitrogen and oxygen atoms in total. The van der Waals surface area contributed by atoms with Crippen LogP contribution in [0.25, 0.3) is 0 Å². The van der Waals surface area contributed by atoms with E-state index in [0.29, 0.717) is 18.6 Å². The van der Waals surface area contributed by atoms with E-state index in [0.717, 1.165) is 12.5 Å². The highest BCUT2D eigenvalue weighted by atomic mass is 16.5. The van der Waals surface area contributed by atoms with Crippen LogP contribution >= 0.6 is 0 Å². The van der Waals surface area contributed by atoms with Crippen LogP contribution in [0.5, 0.6) is 0 Å². The Kier molecular flexibility index (Phi) is 5.59. The Morgan fingerprint density at radius 3 is 2.38 bits per heavy atom. The molecule has 74 valence electrons. The molecule has 1 amide bonds. The van der Waals surface area contributed by atoms with Crippen molar-refractivity contribution in [1.82, 2.24) is 0 Å². The second-order valence-corrected chi connectivity index (χ2v) is 2.54. The zero-order valence-corrected chi connectivity index (χ0v) is 8.00. The van der Waals surface area contributed by atoms with Crippen LogP contribution in [0, 0.1) is 0 Å². The summed E-state index contributed by atoms with van der Waals surface area (Å²) in [6.45, 7) is 3.91. The van der Waals surface area contributed by atoms with Gasteiger partial charge in [0.25, 0.3) is 0 Å². The molecule has 0 heterocycles. The molecule has 0 radical (unpaired) electrons. The van der Waals surface area contributed by atoms with Crippen LogP contribution in [0.4, 0.5) is 0 Å². The van der Waals surface area contributed by atoms with Gasteiger partial charge in [0, 0.05) is 11.6 Å². The molecule has 0 fully saturated rings. The summed E-state index contributed by atoms with van der Waals surface area (Å²) in [5, 5.41) is 0. The molecule has 2 N–H and O–H groups in total. The Morgan fingerprint density at radius 1 is 1.38 bits per heavy atom. The predicted octanol–water partition coefficient (Wildman–Crippen LogP) is 0.761. The van der Waals surface area contributed by atoms with Gasteiger partial charge in [-0.3, -0.25) is 4.79 Å². The van der Waals surface area contributed by atoms with Gasteiger partial charge in [-0.2, -0.15) is 0 Å². The van der Waals surface area contributed by atoms with Gasteiger partial charge in [0.05, 0.1) is 6.61 Å². The third kappa shape index (κ3) is 5.00. The van der Waals surface area contributed by atoms with E-state index in [1.54, 1.807) is 6.92 Å². The van der Waals surface area contributed by atoms with Gasteiger partial charge >= 0.3 is 5.97 Å². The lowest BCUT2D eigenvalue weighted by Gasteiger charge is -2.00. The van der Waals surface area contributed by atoms with Crippen molar-refractivity contribution in [3.05, 3.63) is 11.6 Å². The Balaban J connectivity index is 4.34. The number of carbonyl (C=O) groups is 2. The maximum absolute atomic E-state index is 10.9. The lowest BCUT2D eigenvalue weighted by atomic mass is 10.1. The third-order valence-corrected chi connectivity index (χ3v) is 1.41. The molecule has 0 atom stereocenters. The number of carbonyl (C=O) groups excluding carboxylic acids is 2. The number of hydrogen-bond donors (Lipinski definition) is 1. The molecule has 0 spiro atoms. The van der Waals surface area contributed by atoms with E-state index in [2.05, 4.69) is 4.74 Å². The minimum atomic E-state index is -0.560. The van der Waals surface area contributed by atoms with Crippen LogP contribution in [0.15, 0.2) is 11.6 Å². The number of primary amides is 1. The summed E-state index contributed by atoms with van der Waals surface area (Å²) < 4.78 is 4.65. The molecule has 0 aliphatic rings. The van der Waals surface area contributed by atoms with Crippen molar-refractivity contribution < 1.29 is 14.3 Å². The maximum Gasteiger partial charge on any atom is 0.331 e. The molecule has 0 saturated carbocycles. The highest BCUT2D eigenvalue weighted by Gasteiger charge is 2.06. The lowest BCUT2D eigenvalue weighted by Crippen LogP contribution is -2.15. The summed E-state index contributed by atoms with van der Waals surface area (Å²) in [5.41, 5.74) is 5.37. The molecule has 0 rings (SSSR count). The van der Waals surface area contributed by atoms with Crippen molar-refractivity contribution in [2.24, 2.45) is 5.73 Å². The Labute approximate surface area is 77.7 Å². The van der Waals surface area contributed by atoms with Crippen molar-refractivity contribution in [1.29, 1.82) is 0 Å². The fourth-order valence-corrected chi connectivity index (χ4v) is 0.862. The average Bonchev–Trinajstić information content (AvgIpc) is 2.04. The molecule has 0 aromatic rings. The van der Waals surface area contributed by atoms with Gasteiger partial charge in [0.2, 0.25) is 5.91 Å². The van der Waals surface area contributed by atoms with E-state index in [9.17, 15) is 9.59 Å². The predicted molar refractivity (Wildman–Crippen MR) is 48.8 cm³/mol. The molecule has 0 aliphatic heterocycles. The highest BCUT2D eigenvalue weighted by Crippen LogP contribution is 2.03. The molecule has 0 aromatic carbocycles. The monoisotopic (exact) mass is 185 g/mol. The number of ether oxygens (including phenoxy) is 1. The number of amides is 1. The summed E-state index contributed by atoms with van der Waals surface area (Å²) in [7, 11) is 0. The fourth-order valence-electron chi connectivity index (χ4n) is 0.862. The van der Waals surface area contributed by atoms with E-state index < -0.39 is 11.9 Å². The Morgan fingerprint density at radius 2 is 2.00 bits per heavy atom. The van der Waals surface area contributed by atoms with Crippen molar-refractivity contribution in [3.63, 3.8) is 0 Å². The lowest BCUT2D eigenvalue weighted by molar-refractivity contribution is -0.137. The zero-order chi connectivity index (χ0) is 10.3. The van der Waals surface area contributed by atoms with Crippen molar-refractivity contribution >= 4 is 11.9 Å². The molecular formula is C9H15NO3.